The third kappa shape index (κ3) is 4.01. The minimum absolute atomic E-state index is 0.0232. The number of carbonyl (C=O) groups excluding carboxylic acids is 1. The quantitative estimate of drug-likeness (QED) is 0.166. The van der Waals surface area contributed by atoms with Crippen molar-refractivity contribution in [3.63, 3.8) is 0 Å². The Hall–Kier alpha value is -2.12. The molecule has 7 heteroatoms. The second-order valence-electron chi connectivity index (χ2n) is 7.67. The zero-order valence-electron chi connectivity index (χ0n) is 17.4. The molecule has 3 nitrogen and oxygen atoms in total. The molecular weight excluding hydrogens is 524 g/mol. The summed E-state index contributed by atoms with van der Waals surface area (Å²) in [5, 5.41) is 0.613. The Labute approximate surface area is 207 Å². The first kappa shape index (κ1) is 21.7. The number of nitrogens with zero attached hydrogens (tertiary/aromatic N) is 2. The van der Waals surface area contributed by atoms with Gasteiger partial charge in [-0.1, -0.05) is 45.7 Å². The van der Waals surface area contributed by atoms with E-state index in [9.17, 15) is 4.79 Å². The van der Waals surface area contributed by atoms with Gasteiger partial charge in [0.2, 0.25) is 5.78 Å². The Balaban J connectivity index is 1.65. The summed E-state index contributed by atoms with van der Waals surface area (Å²) in [7, 11) is 0. The summed E-state index contributed by atoms with van der Waals surface area (Å²) < 4.78 is 4.30. The summed E-state index contributed by atoms with van der Waals surface area (Å²) in [6.45, 7) is 4.14. The highest BCUT2D eigenvalue weighted by Gasteiger charge is 2.24. The first-order chi connectivity index (χ1) is 15.4. The molecule has 3 aromatic heterocycles. The lowest BCUT2D eigenvalue weighted by atomic mass is 10.1. The number of hydrogen-bond donors (Lipinski definition) is 0. The smallest absolute Gasteiger partial charge is 0.205 e. The van der Waals surface area contributed by atoms with Crippen LogP contribution in [-0.2, 0) is 5.75 Å². The van der Waals surface area contributed by atoms with Crippen molar-refractivity contribution < 1.29 is 4.79 Å². The molecule has 0 bridgehead atoms. The van der Waals surface area contributed by atoms with E-state index in [1.807, 2.05) is 0 Å². The van der Waals surface area contributed by atoms with Crippen LogP contribution in [0.4, 0.5) is 0 Å². The maximum Gasteiger partial charge on any atom is 0.205 e. The molecule has 0 unspecified atom stereocenters. The number of benzene rings is 2. The van der Waals surface area contributed by atoms with Crippen molar-refractivity contribution in [3.05, 3.63) is 97.4 Å². The lowest BCUT2D eigenvalue weighted by Gasteiger charge is -2.04. The van der Waals surface area contributed by atoms with E-state index in [0.717, 1.165) is 42.2 Å². The predicted molar refractivity (Wildman–Crippen MR) is 139 cm³/mol. The molecule has 5 aromatic rings. The zero-order chi connectivity index (χ0) is 22.4. The molecule has 0 aliphatic carbocycles. The van der Waals surface area contributed by atoms with Crippen LogP contribution >= 0.6 is 50.6 Å². The monoisotopic (exact) mass is 540 g/mol. The highest BCUT2D eigenvalue weighted by molar-refractivity contribution is 9.10. The van der Waals surface area contributed by atoms with E-state index in [4.69, 9.17) is 16.6 Å². The summed E-state index contributed by atoms with van der Waals surface area (Å²) >= 11 is 12.8. The molecule has 0 spiro atoms. The van der Waals surface area contributed by atoms with E-state index in [-0.39, 0.29) is 5.78 Å². The normalized spacial score (nSPS) is 11.5. The van der Waals surface area contributed by atoms with Gasteiger partial charge in [-0.25, -0.2) is 4.98 Å². The molecule has 2 aromatic carbocycles. The second kappa shape index (κ2) is 8.67. The van der Waals surface area contributed by atoms with Gasteiger partial charge in [0.25, 0.3) is 0 Å². The van der Waals surface area contributed by atoms with Crippen LogP contribution in [0.15, 0.2) is 69.5 Å². The van der Waals surface area contributed by atoms with E-state index in [1.165, 1.54) is 16.9 Å². The van der Waals surface area contributed by atoms with Crippen molar-refractivity contribution in [3.8, 4) is 0 Å². The van der Waals surface area contributed by atoms with Gasteiger partial charge in [-0.05, 0) is 66.9 Å². The van der Waals surface area contributed by atoms with Gasteiger partial charge in [-0.3, -0.25) is 9.20 Å². The van der Waals surface area contributed by atoms with E-state index >= 15 is 0 Å². The first-order valence-electron chi connectivity index (χ1n) is 10.00. The van der Waals surface area contributed by atoms with E-state index in [2.05, 4.69) is 70.7 Å². The maximum atomic E-state index is 13.4. The summed E-state index contributed by atoms with van der Waals surface area (Å²) in [6.07, 6.45) is 2.10. The number of aromatic nitrogens is 2. The van der Waals surface area contributed by atoms with Crippen molar-refractivity contribution in [2.24, 2.45) is 0 Å². The third-order valence-electron chi connectivity index (χ3n) is 5.24. The fourth-order valence-electron chi connectivity index (χ4n) is 3.74. The van der Waals surface area contributed by atoms with Crippen LogP contribution in [0.5, 0.6) is 0 Å². The average Bonchev–Trinajstić information content (AvgIpc) is 3.32. The summed E-state index contributed by atoms with van der Waals surface area (Å²) in [4.78, 5) is 19.0. The number of fused-ring (bicyclic) bond motifs is 3. The number of thiophene rings is 1. The lowest BCUT2D eigenvalue weighted by Crippen LogP contribution is -1.98. The van der Waals surface area contributed by atoms with Gasteiger partial charge in [0.1, 0.15) is 16.0 Å². The molecule has 0 saturated carbocycles. The Kier molecular flexibility index (Phi) is 5.88. The number of ketones is 1. The van der Waals surface area contributed by atoms with Crippen LogP contribution in [0.25, 0.3) is 16.7 Å². The molecule has 0 radical (unpaired) electrons. The fraction of sp³-hybridized carbons (Fsp3) is 0.120. The molecule has 0 atom stereocenters. The molecule has 0 aliphatic heterocycles. The highest BCUT2D eigenvalue weighted by Crippen LogP contribution is 2.41. The standard InChI is InChI=1S/C25H18BrClN2OS2/c1-14-11-15(2)24-28-20-21(29(24)12-14)25(31-13-16-3-7-18(26)8-4-16)32-23(20)22(30)17-5-9-19(27)10-6-17/h3-12H,13H2,1-2H3. The molecule has 0 saturated heterocycles. The van der Waals surface area contributed by atoms with Crippen LogP contribution in [-0.4, -0.2) is 15.2 Å². The minimum Gasteiger partial charge on any atom is -0.297 e. The minimum atomic E-state index is -0.0232. The number of rotatable bonds is 5. The molecule has 0 amide bonds. The SMILES string of the molecule is Cc1cc(C)c2nc3c(C(=O)c4ccc(Cl)cc4)sc(SCc4ccc(Br)cc4)c3n2c1. The number of thioether (sulfide) groups is 1. The van der Waals surface area contributed by atoms with Gasteiger partial charge in [-0.2, -0.15) is 0 Å². The van der Waals surface area contributed by atoms with Gasteiger partial charge in [0.15, 0.2) is 0 Å². The third-order valence-corrected chi connectivity index (χ3v) is 8.52. The Morgan fingerprint density at radius 1 is 1.12 bits per heavy atom. The van der Waals surface area contributed by atoms with Crippen molar-refractivity contribution in [1.29, 1.82) is 0 Å². The highest BCUT2D eigenvalue weighted by atomic mass is 79.9. The van der Waals surface area contributed by atoms with Crippen LogP contribution in [0.3, 0.4) is 0 Å². The zero-order valence-corrected chi connectivity index (χ0v) is 21.3. The molecule has 0 N–H and O–H groups in total. The van der Waals surface area contributed by atoms with Crippen LogP contribution in [0.2, 0.25) is 5.02 Å². The van der Waals surface area contributed by atoms with Crippen LogP contribution in [0.1, 0.15) is 31.9 Å². The molecule has 0 aliphatic rings. The first-order valence-corrected chi connectivity index (χ1v) is 13.0. The largest absolute Gasteiger partial charge is 0.297 e. The predicted octanol–water partition coefficient (Wildman–Crippen LogP) is 8.11. The molecule has 160 valence electrons. The molecular formula is C25H18BrClN2OS2. The molecule has 0 fully saturated rings. The van der Waals surface area contributed by atoms with Crippen LogP contribution < -0.4 is 0 Å². The van der Waals surface area contributed by atoms with Gasteiger partial charge < -0.3 is 0 Å². The van der Waals surface area contributed by atoms with Crippen molar-refractivity contribution in [2.45, 2.75) is 23.8 Å². The second-order valence-corrected chi connectivity index (χ2v) is 11.3. The lowest BCUT2D eigenvalue weighted by molar-refractivity contribution is 0.104. The van der Waals surface area contributed by atoms with E-state index < -0.39 is 0 Å². The van der Waals surface area contributed by atoms with Crippen molar-refractivity contribution >= 4 is 73.1 Å². The number of pyridine rings is 1. The topological polar surface area (TPSA) is 34.4 Å². The number of imidazole rings is 1. The molecule has 5 rings (SSSR count). The Morgan fingerprint density at radius 3 is 2.56 bits per heavy atom. The summed E-state index contributed by atoms with van der Waals surface area (Å²) in [6, 6.07) is 17.5. The number of carbonyl (C=O) groups is 1. The fourth-order valence-corrected chi connectivity index (χ4v) is 6.54. The van der Waals surface area contributed by atoms with Gasteiger partial charge in [0.05, 0.1) is 9.73 Å². The van der Waals surface area contributed by atoms with Crippen LogP contribution in [0, 0.1) is 13.8 Å². The Bertz CT molecular complexity index is 1470. The number of hydrogen-bond acceptors (Lipinski definition) is 4. The van der Waals surface area contributed by atoms with E-state index in [1.54, 1.807) is 36.0 Å². The number of aryl methyl sites for hydroxylation is 2. The molecule has 3 heterocycles. The maximum absolute atomic E-state index is 13.4. The average molecular weight is 542 g/mol. The number of halogens is 2. The van der Waals surface area contributed by atoms with Gasteiger partial charge in [-0.15, -0.1) is 23.1 Å². The summed E-state index contributed by atoms with van der Waals surface area (Å²) in [5.74, 6) is 0.792. The van der Waals surface area contributed by atoms with Gasteiger partial charge in [0, 0.05) is 27.0 Å². The summed E-state index contributed by atoms with van der Waals surface area (Å²) in [5.41, 5.74) is 6.77. The van der Waals surface area contributed by atoms with Gasteiger partial charge >= 0.3 is 0 Å². The van der Waals surface area contributed by atoms with Crippen molar-refractivity contribution in [2.75, 3.05) is 0 Å². The van der Waals surface area contributed by atoms with E-state index in [0.29, 0.717) is 15.5 Å². The molecule has 32 heavy (non-hydrogen) atoms. The Morgan fingerprint density at radius 2 is 1.84 bits per heavy atom. The van der Waals surface area contributed by atoms with Crippen molar-refractivity contribution in [1.82, 2.24) is 9.38 Å².